The van der Waals surface area contributed by atoms with Crippen molar-refractivity contribution in [2.45, 2.75) is 0 Å². The summed E-state index contributed by atoms with van der Waals surface area (Å²) >= 11 is 5.59. The molecule has 0 atom stereocenters. The van der Waals surface area contributed by atoms with Crippen molar-refractivity contribution in [2.75, 3.05) is 0 Å². The quantitative estimate of drug-likeness (QED) is 0.581. The van der Waals surface area contributed by atoms with Crippen molar-refractivity contribution in [3.8, 4) is 0 Å². The lowest BCUT2D eigenvalue weighted by Gasteiger charge is -2.03. The molecule has 0 aliphatic rings. The van der Waals surface area contributed by atoms with Crippen LogP contribution >= 0.6 is 38.5 Å². The summed E-state index contributed by atoms with van der Waals surface area (Å²) in [6.07, 6.45) is 1.62. The second kappa shape index (κ2) is 5.05. The second-order valence-corrected chi connectivity index (χ2v) is 5.27. The Hall–Kier alpha value is -0.750. The number of halogens is 2. The van der Waals surface area contributed by atoms with Crippen LogP contribution in [0.4, 0.5) is 0 Å². The summed E-state index contributed by atoms with van der Waals surface area (Å²) in [6, 6.07) is 10.9. The second-order valence-electron chi connectivity index (χ2n) is 3.17. The SMILES string of the molecule is O=C(c1ccccn1)c1ccc(I)cc1Br. The van der Waals surface area contributed by atoms with Gasteiger partial charge in [-0.1, -0.05) is 6.07 Å². The molecule has 0 saturated carbocycles. The number of pyridine rings is 1. The van der Waals surface area contributed by atoms with E-state index in [1.54, 1.807) is 24.4 Å². The molecule has 2 nitrogen and oxygen atoms in total. The summed E-state index contributed by atoms with van der Waals surface area (Å²) in [5, 5.41) is 0. The molecule has 0 spiro atoms. The summed E-state index contributed by atoms with van der Waals surface area (Å²) in [5.74, 6) is -0.0659. The number of hydrogen-bond acceptors (Lipinski definition) is 2. The van der Waals surface area contributed by atoms with Gasteiger partial charge in [0.2, 0.25) is 5.78 Å². The molecule has 0 unspecified atom stereocenters. The topological polar surface area (TPSA) is 30.0 Å². The molecule has 0 saturated heterocycles. The molecule has 0 bridgehead atoms. The van der Waals surface area contributed by atoms with E-state index in [0.717, 1.165) is 8.04 Å². The molecule has 2 rings (SSSR count). The highest BCUT2D eigenvalue weighted by Crippen LogP contribution is 2.21. The maximum absolute atomic E-state index is 12.1. The summed E-state index contributed by atoms with van der Waals surface area (Å²) < 4.78 is 1.89. The first kappa shape index (κ1) is 11.7. The molecule has 1 heterocycles. The number of nitrogens with zero attached hydrogens (tertiary/aromatic N) is 1. The molecule has 1 aromatic heterocycles. The van der Waals surface area contributed by atoms with Gasteiger partial charge in [-0.25, -0.2) is 0 Å². The first-order chi connectivity index (χ1) is 7.68. The van der Waals surface area contributed by atoms with Crippen molar-refractivity contribution in [1.82, 2.24) is 4.98 Å². The number of hydrogen-bond donors (Lipinski definition) is 0. The predicted octanol–water partition coefficient (Wildman–Crippen LogP) is 3.68. The zero-order chi connectivity index (χ0) is 11.5. The largest absolute Gasteiger partial charge is 0.287 e. The van der Waals surface area contributed by atoms with Crippen LogP contribution in [0.5, 0.6) is 0 Å². The van der Waals surface area contributed by atoms with Gasteiger partial charge in [0.25, 0.3) is 0 Å². The third-order valence-electron chi connectivity index (χ3n) is 2.07. The highest BCUT2D eigenvalue weighted by atomic mass is 127. The van der Waals surface area contributed by atoms with E-state index in [2.05, 4.69) is 43.5 Å². The molecule has 1 aromatic carbocycles. The fourth-order valence-corrected chi connectivity index (χ4v) is 2.79. The van der Waals surface area contributed by atoms with Crippen LogP contribution in [-0.4, -0.2) is 10.8 Å². The van der Waals surface area contributed by atoms with E-state index in [4.69, 9.17) is 0 Å². The number of benzene rings is 1. The van der Waals surface area contributed by atoms with E-state index in [1.165, 1.54) is 0 Å². The van der Waals surface area contributed by atoms with Gasteiger partial charge in [-0.3, -0.25) is 9.78 Å². The number of aromatic nitrogens is 1. The van der Waals surface area contributed by atoms with Crippen LogP contribution in [0.3, 0.4) is 0 Å². The van der Waals surface area contributed by atoms with Crippen molar-refractivity contribution in [1.29, 1.82) is 0 Å². The minimum absolute atomic E-state index is 0.0659. The van der Waals surface area contributed by atoms with Crippen LogP contribution in [0.15, 0.2) is 47.1 Å². The Balaban J connectivity index is 2.42. The molecule has 0 radical (unpaired) electrons. The Morgan fingerprint density at radius 2 is 2.06 bits per heavy atom. The van der Waals surface area contributed by atoms with Crippen molar-refractivity contribution in [3.05, 3.63) is 61.9 Å². The average Bonchev–Trinajstić information content (AvgIpc) is 2.29. The fraction of sp³-hybridized carbons (Fsp3) is 0. The van der Waals surface area contributed by atoms with Gasteiger partial charge in [-0.15, -0.1) is 0 Å². The summed E-state index contributed by atoms with van der Waals surface area (Å²) in [5.41, 5.74) is 1.10. The van der Waals surface area contributed by atoms with Gasteiger partial charge >= 0.3 is 0 Å². The lowest BCUT2D eigenvalue weighted by molar-refractivity contribution is 0.103. The molecule has 0 fully saturated rings. The number of carbonyl (C=O) groups excluding carboxylic acids is 1. The normalized spacial score (nSPS) is 10.1. The lowest BCUT2D eigenvalue weighted by Crippen LogP contribution is -2.04. The summed E-state index contributed by atoms with van der Waals surface area (Å²) in [4.78, 5) is 16.1. The Kier molecular flexibility index (Phi) is 3.70. The minimum Gasteiger partial charge on any atom is -0.287 e. The molecule has 16 heavy (non-hydrogen) atoms. The Morgan fingerprint density at radius 3 is 2.69 bits per heavy atom. The molecule has 4 heteroatoms. The first-order valence-electron chi connectivity index (χ1n) is 4.59. The van der Waals surface area contributed by atoms with Gasteiger partial charge in [0.05, 0.1) is 0 Å². The molecule has 2 aromatic rings. The third-order valence-corrected chi connectivity index (χ3v) is 3.40. The zero-order valence-electron chi connectivity index (χ0n) is 8.15. The van der Waals surface area contributed by atoms with Crippen LogP contribution in [0.2, 0.25) is 0 Å². The predicted molar refractivity (Wildman–Crippen MR) is 74.5 cm³/mol. The van der Waals surface area contributed by atoms with Gasteiger partial charge in [0.1, 0.15) is 5.69 Å². The van der Waals surface area contributed by atoms with Crippen LogP contribution in [0.1, 0.15) is 16.1 Å². The highest BCUT2D eigenvalue weighted by molar-refractivity contribution is 14.1. The average molecular weight is 388 g/mol. The van der Waals surface area contributed by atoms with Crippen LogP contribution < -0.4 is 0 Å². The van der Waals surface area contributed by atoms with Gasteiger partial charge in [0, 0.05) is 19.8 Å². The van der Waals surface area contributed by atoms with Crippen LogP contribution in [0, 0.1) is 3.57 Å². The zero-order valence-corrected chi connectivity index (χ0v) is 11.9. The molecule has 0 aliphatic carbocycles. The van der Waals surface area contributed by atoms with Crippen molar-refractivity contribution >= 4 is 44.3 Å². The molecule has 0 N–H and O–H groups in total. The van der Waals surface area contributed by atoms with Gasteiger partial charge in [0.15, 0.2) is 0 Å². The van der Waals surface area contributed by atoms with Crippen molar-refractivity contribution in [3.63, 3.8) is 0 Å². The van der Waals surface area contributed by atoms with E-state index >= 15 is 0 Å². The van der Waals surface area contributed by atoms with Crippen molar-refractivity contribution < 1.29 is 4.79 Å². The van der Waals surface area contributed by atoms with Gasteiger partial charge in [-0.2, -0.15) is 0 Å². The summed E-state index contributed by atoms with van der Waals surface area (Å²) in [7, 11) is 0. The standard InChI is InChI=1S/C12H7BrINO/c13-10-7-8(14)4-5-9(10)12(16)11-3-1-2-6-15-11/h1-7H. The third kappa shape index (κ3) is 2.49. The summed E-state index contributed by atoms with van der Waals surface area (Å²) in [6.45, 7) is 0. The lowest BCUT2D eigenvalue weighted by atomic mass is 10.1. The maximum atomic E-state index is 12.1. The fourth-order valence-electron chi connectivity index (χ4n) is 1.31. The van der Waals surface area contributed by atoms with Crippen molar-refractivity contribution in [2.24, 2.45) is 0 Å². The van der Waals surface area contributed by atoms with E-state index in [0.29, 0.717) is 11.3 Å². The van der Waals surface area contributed by atoms with E-state index in [9.17, 15) is 4.79 Å². The molecular formula is C12H7BrINO. The first-order valence-corrected chi connectivity index (χ1v) is 6.46. The number of ketones is 1. The molecular weight excluding hydrogens is 381 g/mol. The molecule has 80 valence electrons. The van der Waals surface area contributed by atoms with E-state index in [1.807, 2.05) is 18.2 Å². The van der Waals surface area contributed by atoms with Gasteiger partial charge in [-0.05, 0) is 68.9 Å². The monoisotopic (exact) mass is 387 g/mol. The minimum atomic E-state index is -0.0659. The Bertz CT molecular complexity index is 528. The number of carbonyl (C=O) groups is 1. The molecule has 0 amide bonds. The highest BCUT2D eigenvalue weighted by Gasteiger charge is 2.13. The van der Waals surface area contributed by atoms with Crippen LogP contribution in [-0.2, 0) is 0 Å². The Morgan fingerprint density at radius 1 is 1.25 bits per heavy atom. The van der Waals surface area contributed by atoms with Crippen LogP contribution in [0.25, 0.3) is 0 Å². The van der Waals surface area contributed by atoms with E-state index in [-0.39, 0.29) is 5.78 Å². The Labute approximate surface area is 115 Å². The van der Waals surface area contributed by atoms with Gasteiger partial charge < -0.3 is 0 Å². The van der Waals surface area contributed by atoms with E-state index < -0.39 is 0 Å². The smallest absolute Gasteiger partial charge is 0.212 e. The molecule has 0 aliphatic heterocycles. The number of rotatable bonds is 2. The maximum Gasteiger partial charge on any atom is 0.212 e.